The molecule has 18 heteroatoms. The van der Waals surface area contributed by atoms with E-state index in [1.54, 1.807) is 39.8 Å². The molecule has 0 bridgehead atoms. The number of esters is 2. The molecule has 71 heavy (non-hydrogen) atoms. The van der Waals surface area contributed by atoms with E-state index in [1.807, 2.05) is 24.3 Å². The SMILES string of the molecule is C.CC(C)OC(=O)CCC/C=C\C[C@@H]1[C@@H](/C=C/[C@@H](O)COc2cccc(C(F)(F)F)c2)[C@H](O)C[C@@H]1O.CC(C)OC(=O)CCC/C=C\C[C@H]1C(=O)C[C@@H](O)[C@@H]1/C=C/[C@@H](O)COc1cccc(C(F)(F)F)c1. The summed E-state index contributed by atoms with van der Waals surface area (Å²) in [5, 5.41) is 51.3. The number of alkyl halides is 6. The van der Waals surface area contributed by atoms with Crippen molar-refractivity contribution in [2.45, 2.75) is 154 Å². The number of carbonyl (C=O) groups is 3. The van der Waals surface area contributed by atoms with E-state index in [4.69, 9.17) is 18.9 Å². The molecule has 2 fully saturated rings. The first-order chi connectivity index (χ1) is 32.9. The smallest absolute Gasteiger partial charge is 0.416 e. The maximum Gasteiger partial charge on any atom is 0.416 e. The van der Waals surface area contributed by atoms with Crippen LogP contribution in [0.5, 0.6) is 11.5 Å². The number of aliphatic hydroxyl groups is 5. The Hall–Kier alpha value is -5.01. The zero-order valence-electron chi connectivity index (χ0n) is 39.9. The summed E-state index contributed by atoms with van der Waals surface area (Å²) in [5.74, 6) is -2.16. The van der Waals surface area contributed by atoms with Gasteiger partial charge in [0.15, 0.2) is 0 Å². The quantitative estimate of drug-likeness (QED) is 0.0290. The summed E-state index contributed by atoms with van der Waals surface area (Å²) in [7, 11) is 0. The first kappa shape index (κ1) is 62.1. The Morgan fingerprint density at radius 2 is 1.11 bits per heavy atom. The molecule has 0 aliphatic heterocycles. The van der Waals surface area contributed by atoms with Gasteiger partial charge in [0, 0.05) is 43.4 Å². The number of hydrogen-bond acceptors (Lipinski definition) is 12. The van der Waals surface area contributed by atoms with Gasteiger partial charge in [-0.15, -0.1) is 0 Å². The van der Waals surface area contributed by atoms with E-state index in [0.29, 0.717) is 51.4 Å². The number of halogens is 6. The van der Waals surface area contributed by atoms with Crippen molar-refractivity contribution in [1.29, 1.82) is 0 Å². The molecule has 0 spiro atoms. The van der Waals surface area contributed by atoms with Gasteiger partial charge in [-0.3, -0.25) is 14.4 Å². The van der Waals surface area contributed by atoms with Gasteiger partial charge in [-0.1, -0.05) is 68.2 Å². The Labute approximate surface area is 413 Å². The van der Waals surface area contributed by atoms with Gasteiger partial charge in [0.2, 0.25) is 0 Å². The highest BCUT2D eigenvalue weighted by Gasteiger charge is 2.40. The van der Waals surface area contributed by atoms with Crippen molar-refractivity contribution in [1.82, 2.24) is 0 Å². The van der Waals surface area contributed by atoms with Crippen molar-refractivity contribution in [2.24, 2.45) is 23.7 Å². The molecule has 0 saturated heterocycles. The summed E-state index contributed by atoms with van der Waals surface area (Å²) >= 11 is 0. The molecule has 5 N–H and O–H groups in total. The summed E-state index contributed by atoms with van der Waals surface area (Å²) < 4.78 is 97.5. The molecule has 0 amide bonds. The number of ether oxygens (including phenoxy) is 4. The molecule has 2 aromatic rings. The maximum atomic E-state index is 12.8. The minimum atomic E-state index is -4.49. The van der Waals surface area contributed by atoms with Gasteiger partial charge in [-0.2, -0.15) is 26.3 Å². The van der Waals surface area contributed by atoms with Crippen molar-refractivity contribution in [3.8, 4) is 11.5 Å². The summed E-state index contributed by atoms with van der Waals surface area (Å²) in [5.41, 5.74) is -1.69. The second-order valence-corrected chi connectivity index (χ2v) is 17.9. The molecule has 12 nitrogen and oxygen atoms in total. The molecule has 0 aromatic heterocycles. The van der Waals surface area contributed by atoms with E-state index in [0.717, 1.165) is 24.3 Å². The summed E-state index contributed by atoms with van der Waals surface area (Å²) in [6, 6.07) is 8.76. The molecule has 2 aromatic carbocycles. The monoisotopic (exact) mass is 1010 g/mol. The summed E-state index contributed by atoms with van der Waals surface area (Å²) in [6.45, 7) is 6.64. The second kappa shape index (κ2) is 30.8. The minimum Gasteiger partial charge on any atom is -0.491 e. The van der Waals surface area contributed by atoms with Crippen LogP contribution < -0.4 is 9.47 Å². The van der Waals surface area contributed by atoms with Crippen LogP contribution in [0.3, 0.4) is 0 Å². The van der Waals surface area contributed by atoms with Crippen molar-refractivity contribution in [3.63, 3.8) is 0 Å². The Kier molecular flexibility index (Phi) is 26.9. The predicted octanol–water partition coefficient (Wildman–Crippen LogP) is 9.70. The molecule has 0 radical (unpaired) electrons. The fraction of sp³-hybridized carbons (Fsp3) is 0.566. The number of carbonyl (C=O) groups excluding carboxylic acids is 3. The third kappa shape index (κ3) is 23.4. The lowest BCUT2D eigenvalue weighted by atomic mass is 9.89. The molecular weight excluding hydrogens is 943 g/mol. The molecule has 0 heterocycles. The van der Waals surface area contributed by atoms with Crippen LogP contribution in [0.4, 0.5) is 26.3 Å². The Morgan fingerprint density at radius 3 is 1.56 bits per heavy atom. The summed E-state index contributed by atoms with van der Waals surface area (Å²) in [6.07, 6.45) is 4.17. The summed E-state index contributed by atoms with van der Waals surface area (Å²) in [4.78, 5) is 35.4. The predicted molar refractivity (Wildman–Crippen MR) is 255 cm³/mol. The molecule has 2 aliphatic carbocycles. The zero-order chi connectivity index (χ0) is 52.0. The Morgan fingerprint density at radius 1 is 0.662 bits per heavy atom. The van der Waals surface area contributed by atoms with Gasteiger partial charge in [0.25, 0.3) is 0 Å². The molecular formula is C53H72F6O12. The molecule has 0 unspecified atom stereocenters. The number of Topliss-reactive ketones (excluding diaryl/α,β-unsaturated/α-hetero) is 1. The average molecular weight is 1020 g/mol. The van der Waals surface area contributed by atoms with Crippen LogP contribution in [0.2, 0.25) is 0 Å². The third-order valence-corrected chi connectivity index (χ3v) is 11.3. The lowest BCUT2D eigenvalue weighted by Crippen LogP contribution is -2.21. The maximum absolute atomic E-state index is 12.8. The molecule has 2 saturated carbocycles. The fourth-order valence-electron chi connectivity index (χ4n) is 7.85. The Bertz CT molecular complexity index is 2030. The minimum absolute atomic E-state index is 0. The first-order valence-electron chi connectivity index (χ1n) is 23.5. The van der Waals surface area contributed by atoms with E-state index in [1.165, 1.54) is 36.4 Å². The number of hydrogen-bond donors (Lipinski definition) is 5. The van der Waals surface area contributed by atoms with Crippen LogP contribution in [0.25, 0.3) is 0 Å². The molecule has 4 rings (SSSR count). The van der Waals surface area contributed by atoms with Gasteiger partial charge in [-0.25, -0.2) is 0 Å². The van der Waals surface area contributed by atoms with Crippen molar-refractivity contribution >= 4 is 17.7 Å². The first-order valence-corrected chi connectivity index (χ1v) is 23.5. The Balaban J connectivity index is 0.000000480. The van der Waals surface area contributed by atoms with Gasteiger partial charge in [-0.05, 0) is 109 Å². The number of benzene rings is 2. The second-order valence-electron chi connectivity index (χ2n) is 17.9. The van der Waals surface area contributed by atoms with Crippen molar-refractivity contribution in [2.75, 3.05) is 13.2 Å². The van der Waals surface area contributed by atoms with Crippen molar-refractivity contribution in [3.05, 3.63) is 108 Å². The number of ketones is 1. The standard InChI is InChI=1S/C26H35F3O6.C26H33F3O6.CH4/c2*1-17(2)35-25(33)11-6-4-3-5-10-21-22(24(32)15-23(21)31)13-12-19(30)16-34-20-9-7-8-18(14-20)26(27,28)29;/h3,5,7-9,12-14,17,19,21-24,30-32H,4,6,10-11,15-16H2,1-2H3;3,5,7-9,12-14,17,19,21-22,24,30,32H,4,6,10-11,15-16H2,1-2H3;1H4/b2*5-3-,13-12+;/t19-,21-,22-,23+,24-;19-,21-,22-,24-;/m11./s1. The van der Waals surface area contributed by atoms with Crippen LogP contribution in [-0.2, 0) is 36.2 Å². The van der Waals surface area contributed by atoms with Gasteiger partial charge >= 0.3 is 24.3 Å². The lowest BCUT2D eigenvalue weighted by molar-refractivity contribution is -0.148. The van der Waals surface area contributed by atoms with Crippen LogP contribution in [-0.4, -0.2) is 99.2 Å². The largest absolute Gasteiger partial charge is 0.491 e. The number of rotatable bonds is 24. The fourth-order valence-corrected chi connectivity index (χ4v) is 7.85. The van der Waals surface area contributed by atoms with E-state index in [9.17, 15) is 66.3 Å². The van der Waals surface area contributed by atoms with E-state index in [-0.39, 0.29) is 86.7 Å². The van der Waals surface area contributed by atoms with E-state index in [2.05, 4.69) is 0 Å². The van der Waals surface area contributed by atoms with Crippen LogP contribution in [0.15, 0.2) is 97.1 Å². The van der Waals surface area contributed by atoms with Crippen LogP contribution >= 0.6 is 0 Å². The highest BCUT2D eigenvalue weighted by molar-refractivity contribution is 5.84. The van der Waals surface area contributed by atoms with E-state index < -0.39 is 65.8 Å². The third-order valence-electron chi connectivity index (χ3n) is 11.3. The van der Waals surface area contributed by atoms with Gasteiger partial charge in [0.1, 0.15) is 42.7 Å². The van der Waals surface area contributed by atoms with Gasteiger partial charge < -0.3 is 44.5 Å². The average Bonchev–Trinajstić information content (AvgIpc) is 3.71. The molecule has 2 aliphatic rings. The normalized spacial score (nSPS) is 22.5. The zero-order valence-corrected chi connectivity index (χ0v) is 39.9. The topological polar surface area (TPSA) is 189 Å². The molecule has 9 atom stereocenters. The number of aliphatic hydroxyl groups excluding tert-OH is 5. The highest BCUT2D eigenvalue weighted by Crippen LogP contribution is 2.37. The van der Waals surface area contributed by atoms with Crippen LogP contribution in [0.1, 0.15) is 110 Å². The lowest BCUT2D eigenvalue weighted by Gasteiger charge is -2.19. The number of allylic oxidation sites excluding steroid dienone is 4. The number of unbranched alkanes of at least 4 members (excludes halogenated alkanes) is 2. The van der Waals surface area contributed by atoms with Gasteiger partial charge in [0.05, 0.1) is 41.6 Å². The van der Waals surface area contributed by atoms with Crippen molar-refractivity contribution < 1.29 is 85.2 Å². The highest BCUT2D eigenvalue weighted by atomic mass is 19.4. The van der Waals surface area contributed by atoms with E-state index >= 15 is 0 Å². The van der Waals surface area contributed by atoms with Crippen LogP contribution in [0, 0.1) is 23.7 Å². The molecule has 398 valence electrons.